The normalized spacial score (nSPS) is 11.5. The zero-order valence-corrected chi connectivity index (χ0v) is 15.7. The molecule has 0 unspecified atom stereocenters. The molecule has 0 amide bonds. The first-order chi connectivity index (χ1) is 13.6. The van der Waals surface area contributed by atoms with E-state index in [-0.39, 0.29) is 5.82 Å². The van der Waals surface area contributed by atoms with E-state index in [0.717, 1.165) is 33.4 Å². The molecule has 0 atom stereocenters. The molecule has 5 nitrogen and oxygen atoms in total. The third kappa shape index (κ3) is 2.82. The van der Waals surface area contributed by atoms with E-state index >= 15 is 0 Å². The first-order valence-corrected chi connectivity index (χ1v) is 9.17. The van der Waals surface area contributed by atoms with Crippen molar-refractivity contribution in [3.63, 3.8) is 0 Å². The van der Waals surface area contributed by atoms with E-state index in [9.17, 15) is 4.39 Å². The summed E-state index contributed by atoms with van der Waals surface area (Å²) in [6.45, 7) is 2.55. The number of rotatable bonds is 3. The van der Waals surface area contributed by atoms with Gasteiger partial charge in [-0.05, 0) is 48.9 Å². The minimum absolute atomic E-state index is 0.241. The summed E-state index contributed by atoms with van der Waals surface area (Å²) in [6.07, 6.45) is 3.57. The first-order valence-electron chi connectivity index (χ1n) is 8.79. The first kappa shape index (κ1) is 16.9. The Hall–Kier alpha value is -3.25. The lowest BCUT2D eigenvalue weighted by Crippen LogP contribution is -1.99. The Balaban J connectivity index is 1.74. The molecule has 0 radical (unpaired) electrons. The third-order valence-corrected chi connectivity index (χ3v) is 5.00. The van der Waals surface area contributed by atoms with E-state index in [1.165, 1.54) is 18.5 Å². The van der Waals surface area contributed by atoms with E-state index in [2.05, 4.69) is 25.8 Å². The van der Waals surface area contributed by atoms with E-state index in [4.69, 9.17) is 11.6 Å². The predicted octanol–water partition coefficient (Wildman–Crippen LogP) is 4.90. The van der Waals surface area contributed by atoms with Crippen LogP contribution in [0.25, 0.3) is 27.9 Å². The van der Waals surface area contributed by atoms with E-state index < -0.39 is 0 Å². The third-order valence-electron chi connectivity index (χ3n) is 4.77. The number of hydrogen-bond acceptors (Lipinski definition) is 3. The zero-order valence-electron chi connectivity index (χ0n) is 15.0. The standard InChI is InChI=1S/C21H15ClFN5/c1-13-8-20(28-21(26-13)24-12-25-28)18-11-27(10-14-2-5-16(23)6-3-14)19-7-4-15(22)9-17(18)19/h2-9,11-12H,10H2,1H3. The minimum atomic E-state index is -0.241. The molecule has 28 heavy (non-hydrogen) atoms. The topological polar surface area (TPSA) is 48.0 Å². The van der Waals surface area contributed by atoms with Crippen LogP contribution in [-0.2, 0) is 6.54 Å². The average molecular weight is 392 g/mol. The summed E-state index contributed by atoms with van der Waals surface area (Å²) in [5.74, 6) is 0.311. The maximum Gasteiger partial charge on any atom is 0.252 e. The molecular weight excluding hydrogens is 377 g/mol. The van der Waals surface area contributed by atoms with Crippen molar-refractivity contribution in [2.24, 2.45) is 0 Å². The van der Waals surface area contributed by atoms with Crippen molar-refractivity contribution in [3.05, 3.63) is 83.2 Å². The Morgan fingerprint density at radius 3 is 2.71 bits per heavy atom. The molecule has 3 heterocycles. The van der Waals surface area contributed by atoms with E-state index in [1.54, 1.807) is 16.6 Å². The Bertz CT molecular complexity index is 1320. The van der Waals surface area contributed by atoms with Gasteiger partial charge in [-0.25, -0.2) is 9.37 Å². The SMILES string of the molecule is Cc1cc(-c2cn(Cc3ccc(F)cc3)c3ccc(Cl)cc23)n2ncnc2n1. The van der Waals surface area contributed by atoms with Crippen LogP contribution in [0, 0.1) is 12.7 Å². The smallest absolute Gasteiger partial charge is 0.252 e. The molecule has 0 bridgehead atoms. The lowest BCUT2D eigenvalue weighted by Gasteiger charge is -2.05. The van der Waals surface area contributed by atoms with Gasteiger partial charge in [0, 0.05) is 39.9 Å². The van der Waals surface area contributed by atoms with Gasteiger partial charge in [0.05, 0.1) is 5.69 Å². The molecular formula is C21H15ClFN5. The second-order valence-electron chi connectivity index (χ2n) is 6.71. The number of halogens is 2. The zero-order chi connectivity index (χ0) is 19.3. The fourth-order valence-electron chi connectivity index (χ4n) is 3.51. The van der Waals surface area contributed by atoms with Crippen LogP contribution < -0.4 is 0 Å². The molecule has 3 aromatic heterocycles. The van der Waals surface area contributed by atoms with Gasteiger partial charge < -0.3 is 4.57 Å². The Labute approximate surface area is 165 Å². The van der Waals surface area contributed by atoms with Gasteiger partial charge in [-0.1, -0.05) is 23.7 Å². The van der Waals surface area contributed by atoms with Crippen molar-refractivity contribution in [3.8, 4) is 11.3 Å². The molecule has 5 aromatic rings. The van der Waals surface area contributed by atoms with E-state index in [1.807, 2.05) is 31.2 Å². The molecule has 0 N–H and O–H groups in total. The number of aryl methyl sites for hydroxylation is 1. The summed E-state index contributed by atoms with van der Waals surface area (Å²) in [5.41, 5.74) is 4.78. The van der Waals surface area contributed by atoms with Gasteiger partial charge >= 0.3 is 0 Å². The summed E-state index contributed by atoms with van der Waals surface area (Å²) in [7, 11) is 0. The van der Waals surface area contributed by atoms with Crippen LogP contribution in [0.2, 0.25) is 5.02 Å². The summed E-state index contributed by atoms with van der Waals surface area (Å²) >= 11 is 6.30. The van der Waals surface area contributed by atoms with Crippen LogP contribution in [0.15, 0.2) is 61.1 Å². The van der Waals surface area contributed by atoms with Gasteiger partial charge in [0.1, 0.15) is 12.1 Å². The Morgan fingerprint density at radius 2 is 1.89 bits per heavy atom. The maximum atomic E-state index is 13.3. The molecule has 0 aliphatic carbocycles. The maximum absolute atomic E-state index is 13.3. The van der Waals surface area contributed by atoms with E-state index in [0.29, 0.717) is 17.3 Å². The van der Waals surface area contributed by atoms with Gasteiger partial charge in [-0.15, -0.1) is 0 Å². The van der Waals surface area contributed by atoms with Crippen molar-refractivity contribution in [1.29, 1.82) is 0 Å². The van der Waals surface area contributed by atoms with Crippen LogP contribution in [0.4, 0.5) is 4.39 Å². The van der Waals surface area contributed by atoms with Gasteiger partial charge in [-0.3, -0.25) is 0 Å². The summed E-state index contributed by atoms with van der Waals surface area (Å²) < 4.78 is 17.1. The highest BCUT2D eigenvalue weighted by molar-refractivity contribution is 6.31. The number of benzene rings is 2. The van der Waals surface area contributed by atoms with Crippen molar-refractivity contribution in [2.75, 3.05) is 0 Å². The quantitative estimate of drug-likeness (QED) is 0.439. The molecule has 138 valence electrons. The second-order valence-corrected chi connectivity index (χ2v) is 7.15. The lowest BCUT2D eigenvalue weighted by molar-refractivity contribution is 0.626. The number of hydrogen-bond donors (Lipinski definition) is 0. The molecule has 5 rings (SSSR count). The number of nitrogens with zero attached hydrogens (tertiary/aromatic N) is 5. The monoisotopic (exact) mass is 391 g/mol. The second kappa shape index (κ2) is 6.42. The highest BCUT2D eigenvalue weighted by atomic mass is 35.5. The van der Waals surface area contributed by atoms with Crippen LogP contribution in [-0.4, -0.2) is 24.1 Å². The summed E-state index contributed by atoms with van der Waals surface area (Å²) in [6, 6.07) is 14.3. The fraction of sp³-hybridized carbons (Fsp3) is 0.0952. The lowest BCUT2D eigenvalue weighted by atomic mass is 10.1. The largest absolute Gasteiger partial charge is 0.342 e. The number of fused-ring (bicyclic) bond motifs is 2. The Morgan fingerprint density at radius 1 is 1.07 bits per heavy atom. The molecule has 0 aliphatic heterocycles. The molecule has 0 saturated heterocycles. The molecule has 0 fully saturated rings. The van der Waals surface area contributed by atoms with Crippen molar-refractivity contribution >= 4 is 28.3 Å². The van der Waals surface area contributed by atoms with Crippen LogP contribution in [0.5, 0.6) is 0 Å². The van der Waals surface area contributed by atoms with Crippen molar-refractivity contribution in [2.45, 2.75) is 13.5 Å². The minimum Gasteiger partial charge on any atom is -0.342 e. The molecule has 0 aliphatic rings. The highest BCUT2D eigenvalue weighted by Gasteiger charge is 2.16. The molecule has 7 heteroatoms. The summed E-state index contributed by atoms with van der Waals surface area (Å²) in [4.78, 5) is 8.64. The van der Waals surface area contributed by atoms with Crippen LogP contribution in [0.3, 0.4) is 0 Å². The van der Waals surface area contributed by atoms with Crippen LogP contribution >= 0.6 is 11.6 Å². The van der Waals surface area contributed by atoms with Crippen molar-refractivity contribution < 1.29 is 4.39 Å². The molecule has 0 spiro atoms. The fourth-order valence-corrected chi connectivity index (χ4v) is 3.69. The molecule has 2 aromatic carbocycles. The predicted molar refractivity (Wildman–Crippen MR) is 107 cm³/mol. The average Bonchev–Trinajstić information content (AvgIpc) is 3.27. The van der Waals surface area contributed by atoms with Crippen molar-refractivity contribution in [1.82, 2.24) is 24.1 Å². The summed E-state index contributed by atoms with van der Waals surface area (Å²) in [5, 5.41) is 6.00. The number of aromatic nitrogens is 5. The molecule has 0 saturated carbocycles. The Kier molecular flexibility index (Phi) is 3.87. The van der Waals surface area contributed by atoms with Gasteiger partial charge in [-0.2, -0.15) is 14.6 Å². The van der Waals surface area contributed by atoms with Gasteiger partial charge in [0.25, 0.3) is 5.78 Å². The highest BCUT2D eigenvalue weighted by Crippen LogP contribution is 2.33. The van der Waals surface area contributed by atoms with Gasteiger partial charge in [0.15, 0.2) is 0 Å². The van der Waals surface area contributed by atoms with Crippen LogP contribution in [0.1, 0.15) is 11.3 Å². The van der Waals surface area contributed by atoms with Gasteiger partial charge in [0.2, 0.25) is 0 Å².